The van der Waals surface area contributed by atoms with Gasteiger partial charge in [-0.1, -0.05) is 12.1 Å². The number of nitrogens with zero attached hydrogens (tertiary/aromatic N) is 5. The first-order valence-electron chi connectivity index (χ1n) is 9.26. The van der Waals surface area contributed by atoms with Gasteiger partial charge in [-0.15, -0.1) is 0 Å². The van der Waals surface area contributed by atoms with E-state index < -0.39 is 0 Å². The van der Waals surface area contributed by atoms with Crippen molar-refractivity contribution < 1.29 is 9.53 Å². The molecule has 1 saturated heterocycles. The van der Waals surface area contributed by atoms with E-state index in [9.17, 15) is 4.79 Å². The SMILES string of the molecule is COc1cccc(-c2cc(C(=O)N3CCC(C#N)CC3)c3cnn(C)c3n2)c1. The molecule has 1 aromatic carbocycles. The smallest absolute Gasteiger partial charge is 0.254 e. The van der Waals surface area contributed by atoms with E-state index in [0.29, 0.717) is 42.8 Å². The Hall–Kier alpha value is -3.40. The topological polar surface area (TPSA) is 84.0 Å². The minimum absolute atomic E-state index is 0.0345. The fourth-order valence-corrected chi connectivity index (χ4v) is 3.60. The number of likely N-dealkylation sites (tertiary alicyclic amines) is 1. The molecule has 1 fully saturated rings. The second-order valence-corrected chi connectivity index (χ2v) is 6.99. The van der Waals surface area contributed by atoms with Gasteiger partial charge in [0.05, 0.1) is 36.0 Å². The molecule has 0 spiro atoms. The molecule has 0 radical (unpaired) electrons. The van der Waals surface area contributed by atoms with Gasteiger partial charge >= 0.3 is 0 Å². The first kappa shape index (κ1) is 18.0. The Kier molecular flexibility index (Phi) is 4.70. The summed E-state index contributed by atoms with van der Waals surface area (Å²) in [6.45, 7) is 1.19. The second-order valence-electron chi connectivity index (χ2n) is 6.99. The van der Waals surface area contributed by atoms with Crippen molar-refractivity contribution in [1.29, 1.82) is 5.26 Å². The van der Waals surface area contributed by atoms with E-state index in [1.165, 1.54) is 0 Å². The largest absolute Gasteiger partial charge is 0.497 e. The Morgan fingerprint density at radius 3 is 2.79 bits per heavy atom. The lowest BCUT2D eigenvalue weighted by Crippen LogP contribution is -2.38. The summed E-state index contributed by atoms with van der Waals surface area (Å²) in [5.41, 5.74) is 2.83. The Bertz CT molecular complexity index is 1070. The molecule has 3 heterocycles. The average molecular weight is 375 g/mol. The van der Waals surface area contributed by atoms with Gasteiger partial charge in [-0.3, -0.25) is 9.48 Å². The van der Waals surface area contributed by atoms with Crippen LogP contribution in [0.1, 0.15) is 23.2 Å². The van der Waals surface area contributed by atoms with Crippen molar-refractivity contribution in [2.75, 3.05) is 20.2 Å². The third kappa shape index (κ3) is 3.18. The van der Waals surface area contributed by atoms with E-state index in [1.54, 1.807) is 18.0 Å². The highest BCUT2D eigenvalue weighted by atomic mass is 16.5. The molecule has 142 valence electrons. The molecule has 0 atom stereocenters. The molecule has 0 bridgehead atoms. The number of amides is 1. The van der Waals surface area contributed by atoms with Gasteiger partial charge in [0.2, 0.25) is 0 Å². The zero-order valence-corrected chi connectivity index (χ0v) is 15.9. The van der Waals surface area contributed by atoms with Crippen LogP contribution in [0.4, 0.5) is 0 Å². The molecular formula is C21H21N5O2. The van der Waals surface area contributed by atoms with Crippen molar-refractivity contribution in [3.05, 3.63) is 42.1 Å². The molecule has 1 aliphatic heterocycles. The number of carbonyl (C=O) groups excluding carboxylic acids is 1. The van der Waals surface area contributed by atoms with E-state index in [-0.39, 0.29) is 11.8 Å². The van der Waals surface area contributed by atoms with Crippen LogP contribution in [-0.4, -0.2) is 45.8 Å². The van der Waals surface area contributed by atoms with Crippen LogP contribution >= 0.6 is 0 Å². The number of aryl methyl sites for hydroxylation is 1. The molecule has 0 aliphatic carbocycles. The standard InChI is InChI=1S/C21H21N5O2/c1-25-20-18(13-23-25)17(21(27)26-8-6-14(12-22)7-9-26)11-19(24-20)15-4-3-5-16(10-15)28-2/h3-5,10-11,13-14H,6-9H2,1-2H3. The Balaban J connectivity index is 1.77. The van der Waals surface area contributed by atoms with Crippen LogP contribution in [0.5, 0.6) is 5.75 Å². The lowest BCUT2D eigenvalue weighted by atomic mass is 9.97. The van der Waals surface area contributed by atoms with Gasteiger partial charge < -0.3 is 9.64 Å². The maximum Gasteiger partial charge on any atom is 0.254 e. The van der Waals surface area contributed by atoms with Crippen molar-refractivity contribution in [1.82, 2.24) is 19.7 Å². The van der Waals surface area contributed by atoms with Crippen molar-refractivity contribution >= 4 is 16.9 Å². The van der Waals surface area contributed by atoms with Crippen LogP contribution in [0.15, 0.2) is 36.5 Å². The van der Waals surface area contributed by atoms with Crippen molar-refractivity contribution in [3.63, 3.8) is 0 Å². The third-order valence-corrected chi connectivity index (χ3v) is 5.27. The predicted molar refractivity (Wildman–Crippen MR) is 105 cm³/mol. The van der Waals surface area contributed by atoms with Crippen LogP contribution < -0.4 is 4.74 Å². The highest BCUT2D eigenvalue weighted by Gasteiger charge is 2.26. The van der Waals surface area contributed by atoms with Gasteiger partial charge in [0.25, 0.3) is 5.91 Å². The van der Waals surface area contributed by atoms with E-state index in [2.05, 4.69) is 11.2 Å². The van der Waals surface area contributed by atoms with Crippen LogP contribution in [0.25, 0.3) is 22.3 Å². The molecule has 1 aliphatic rings. The number of nitriles is 1. The van der Waals surface area contributed by atoms with Gasteiger partial charge in [-0.05, 0) is 31.0 Å². The Morgan fingerprint density at radius 2 is 2.07 bits per heavy atom. The number of hydrogen-bond acceptors (Lipinski definition) is 5. The lowest BCUT2D eigenvalue weighted by molar-refractivity contribution is 0.0709. The lowest BCUT2D eigenvalue weighted by Gasteiger charge is -2.29. The quantitative estimate of drug-likeness (QED) is 0.703. The first-order valence-corrected chi connectivity index (χ1v) is 9.26. The Morgan fingerprint density at radius 1 is 1.29 bits per heavy atom. The number of hydrogen-bond donors (Lipinski definition) is 0. The number of fused-ring (bicyclic) bond motifs is 1. The fourth-order valence-electron chi connectivity index (χ4n) is 3.60. The predicted octanol–water partition coefficient (Wildman–Crippen LogP) is 3.02. The molecule has 2 aromatic heterocycles. The molecule has 28 heavy (non-hydrogen) atoms. The fraction of sp³-hybridized carbons (Fsp3) is 0.333. The summed E-state index contributed by atoms with van der Waals surface area (Å²) in [5, 5.41) is 14.1. The Labute approximate surface area is 163 Å². The highest BCUT2D eigenvalue weighted by molar-refractivity contribution is 6.06. The zero-order valence-electron chi connectivity index (χ0n) is 15.9. The number of pyridine rings is 1. The summed E-state index contributed by atoms with van der Waals surface area (Å²) >= 11 is 0. The van der Waals surface area contributed by atoms with E-state index in [4.69, 9.17) is 15.0 Å². The second kappa shape index (κ2) is 7.31. The number of rotatable bonds is 3. The summed E-state index contributed by atoms with van der Waals surface area (Å²) in [5.74, 6) is 0.726. The average Bonchev–Trinajstić information content (AvgIpc) is 3.13. The molecule has 7 nitrogen and oxygen atoms in total. The van der Waals surface area contributed by atoms with Gasteiger partial charge in [-0.2, -0.15) is 10.4 Å². The van der Waals surface area contributed by atoms with Crippen molar-refractivity contribution in [2.24, 2.45) is 13.0 Å². The maximum atomic E-state index is 13.3. The summed E-state index contributed by atoms with van der Waals surface area (Å²) in [6.07, 6.45) is 3.12. The molecule has 0 saturated carbocycles. The van der Waals surface area contributed by atoms with E-state index in [0.717, 1.165) is 16.7 Å². The molecule has 0 N–H and O–H groups in total. The first-order chi connectivity index (χ1) is 13.6. The molecule has 0 unspecified atom stereocenters. The van der Waals surface area contributed by atoms with Gasteiger partial charge in [-0.25, -0.2) is 4.98 Å². The van der Waals surface area contributed by atoms with Crippen molar-refractivity contribution in [2.45, 2.75) is 12.8 Å². The number of piperidine rings is 1. The summed E-state index contributed by atoms with van der Waals surface area (Å²) in [4.78, 5) is 19.8. The van der Waals surface area contributed by atoms with Crippen LogP contribution in [0.3, 0.4) is 0 Å². The zero-order chi connectivity index (χ0) is 19.7. The maximum absolute atomic E-state index is 13.3. The molecule has 3 aromatic rings. The van der Waals surface area contributed by atoms with Crippen LogP contribution in [-0.2, 0) is 7.05 Å². The minimum Gasteiger partial charge on any atom is -0.497 e. The van der Waals surface area contributed by atoms with Crippen LogP contribution in [0.2, 0.25) is 0 Å². The van der Waals surface area contributed by atoms with Gasteiger partial charge in [0, 0.05) is 31.6 Å². The number of ether oxygens (including phenoxy) is 1. The molecule has 7 heteroatoms. The summed E-state index contributed by atoms with van der Waals surface area (Å²) < 4.78 is 7.00. The number of carbonyl (C=O) groups is 1. The number of benzene rings is 1. The number of methoxy groups -OCH3 is 1. The van der Waals surface area contributed by atoms with E-state index in [1.807, 2.05) is 42.3 Å². The third-order valence-electron chi connectivity index (χ3n) is 5.27. The highest BCUT2D eigenvalue weighted by Crippen LogP contribution is 2.28. The summed E-state index contributed by atoms with van der Waals surface area (Å²) in [7, 11) is 3.44. The van der Waals surface area contributed by atoms with Crippen LogP contribution in [0, 0.1) is 17.2 Å². The molecular weight excluding hydrogens is 354 g/mol. The van der Waals surface area contributed by atoms with E-state index >= 15 is 0 Å². The van der Waals surface area contributed by atoms with Gasteiger partial charge in [0.1, 0.15) is 5.75 Å². The normalized spacial score (nSPS) is 14.8. The molecule has 1 amide bonds. The molecule has 4 rings (SSSR count). The number of aromatic nitrogens is 3. The minimum atomic E-state index is -0.0408. The summed E-state index contributed by atoms with van der Waals surface area (Å²) in [6, 6.07) is 11.8. The van der Waals surface area contributed by atoms with Crippen molar-refractivity contribution in [3.8, 4) is 23.1 Å². The monoisotopic (exact) mass is 375 g/mol. The van der Waals surface area contributed by atoms with Gasteiger partial charge in [0.15, 0.2) is 5.65 Å².